The molecule has 1 atom stereocenters. The van der Waals surface area contributed by atoms with Crippen LogP contribution in [0.3, 0.4) is 0 Å². The van der Waals surface area contributed by atoms with Crippen LogP contribution in [0.15, 0.2) is 83.7 Å². The van der Waals surface area contributed by atoms with E-state index in [1.807, 2.05) is 13.0 Å². The van der Waals surface area contributed by atoms with E-state index in [9.17, 15) is 14.4 Å². The number of fused-ring (bicyclic) bond motifs is 1. The third kappa shape index (κ3) is 4.80. The molecule has 0 aliphatic rings. The van der Waals surface area contributed by atoms with Gasteiger partial charge in [-0.1, -0.05) is 36.4 Å². The zero-order valence-corrected chi connectivity index (χ0v) is 18.7. The van der Waals surface area contributed by atoms with Gasteiger partial charge in [-0.05, 0) is 56.3 Å². The molecule has 0 spiro atoms. The molecule has 172 valence electrons. The van der Waals surface area contributed by atoms with Gasteiger partial charge in [0.15, 0.2) is 11.8 Å². The summed E-state index contributed by atoms with van der Waals surface area (Å²) in [5.41, 5.74) is 0.630. The van der Waals surface area contributed by atoms with Crippen LogP contribution in [-0.2, 0) is 9.53 Å². The van der Waals surface area contributed by atoms with Crippen molar-refractivity contribution >= 4 is 28.3 Å². The summed E-state index contributed by atoms with van der Waals surface area (Å²) in [6, 6.07) is 22.3. The van der Waals surface area contributed by atoms with Crippen LogP contribution in [0.25, 0.3) is 16.5 Å². The van der Waals surface area contributed by atoms with Gasteiger partial charge in [0.25, 0.3) is 11.5 Å². The molecule has 1 aromatic heterocycles. The molecular formula is C26H23N3O5. The van der Waals surface area contributed by atoms with Gasteiger partial charge in [-0.3, -0.25) is 9.59 Å². The number of ether oxygens (including phenoxy) is 2. The first-order valence-electron chi connectivity index (χ1n) is 10.8. The van der Waals surface area contributed by atoms with Crippen LogP contribution in [0, 0.1) is 0 Å². The van der Waals surface area contributed by atoms with Gasteiger partial charge in [-0.2, -0.15) is 9.78 Å². The van der Waals surface area contributed by atoms with E-state index in [1.54, 1.807) is 72.8 Å². The highest BCUT2D eigenvalue weighted by molar-refractivity contribution is 6.03. The summed E-state index contributed by atoms with van der Waals surface area (Å²) in [4.78, 5) is 38.6. The van der Waals surface area contributed by atoms with Crippen LogP contribution in [0.1, 0.15) is 24.3 Å². The van der Waals surface area contributed by atoms with E-state index >= 15 is 0 Å². The lowest BCUT2D eigenvalue weighted by Gasteiger charge is -2.15. The fraction of sp³-hybridized carbons (Fsp3) is 0.154. The van der Waals surface area contributed by atoms with Gasteiger partial charge in [0.05, 0.1) is 17.7 Å². The lowest BCUT2D eigenvalue weighted by Crippen LogP contribution is -2.31. The number of carbonyl (C=O) groups excluding carboxylic acids is 2. The fourth-order valence-corrected chi connectivity index (χ4v) is 3.40. The average Bonchev–Trinajstić information content (AvgIpc) is 2.86. The first-order chi connectivity index (χ1) is 16.5. The minimum atomic E-state index is -1.10. The second kappa shape index (κ2) is 9.99. The van der Waals surface area contributed by atoms with E-state index in [0.29, 0.717) is 34.5 Å². The molecule has 0 aliphatic heterocycles. The van der Waals surface area contributed by atoms with Gasteiger partial charge in [0.2, 0.25) is 0 Å². The number of amides is 1. The highest BCUT2D eigenvalue weighted by Crippen LogP contribution is 2.18. The van der Waals surface area contributed by atoms with Gasteiger partial charge in [-0.15, -0.1) is 0 Å². The number of rotatable bonds is 7. The number of nitrogens with zero attached hydrogens (tertiary/aromatic N) is 2. The Morgan fingerprint density at radius 1 is 0.941 bits per heavy atom. The van der Waals surface area contributed by atoms with E-state index in [4.69, 9.17) is 9.47 Å². The molecule has 8 nitrogen and oxygen atoms in total. The van der Waals surface area contributed by atoms with Crippen LogP contribution in [-0.4, -0.2) is 34.4 Å². The van der Waals surface area contributed by atoms with Crippen molar-refractivity contribution in [3.05, 3.63) is 94.9 Å². The van der Waals surface area contributed by atoms with Gasteiger partial charge in [-0.25, -0.2) is 4.79 Å². The number of para-hydroxylation sites is 1. The van der Waals surface area contributed by atoms with E-state index in [0.717, 1.165) is 4.68 Å². The third-order valence-electron chi connectivity index (χ3n) is 5.08. The molecule has 4 rings (SSSR count). The summed E-state index contributed by atoms with van der Waals surface area (Å²) in [7, 11) is 0. The maximum atomic E-state index is 13.0. The third-order valence-corrected chi connectivity index (χ3v) is 5.08. The monoisotopic (exact) mass is 457 g/mol. The Hall–Kier alpha value is -4.46. The predicted octanol–water partition coefficient (Wildman–Crippen LogP) is 3.97. The second-order valence-corrected chi connectivity index (χ2v) is 7.44. The van der Waals surface area contributed by atoms with Gasteiger partial charge < -0.3 is 14.8 Å². The van der Waals surface area contributed by atoms with Crippen LogP contribution in [0.4, 0.5) is 5.69 Å². The molecule has 0 fully saturated rings. The summed E-state index contributed by atoms with van der Waals surface area (Å²) in [6.45, 7) is 3.89. The molecular weight excluding hydrogens is 434 g/mol. The van der Waals surface area contributed by atoms with Crippen molar-refractivity contribution in [1.29, 1.82) is 0 Å². The van der Waals surface area contributed by atoms with E-state index < -0.39 is 18.0 Å². The molecule has 4 aromatic rings. The number of esters is 1. The minimum Gasteiger partial charge on any atom is -0.494 e. The molecule has 0 radical (unpaired) electrons. The minimum absolute atomic E-state index is 0.0558. The van der Waals surface area contributed by atoms with Crippen molar-refractivity contribution in [3.63, 3.8) is 0 Å². The molecule has 1 amide bonds. The summed E-state index contributed by atoms with van der Waals surface area (Å²) < 4.78 is 12.0. The summed E-state index contributed by atoms with van der Waals surface area (Å²) in [6.07, 6.45) is -1.10. The highest BCUT2D eigenvalue weighted by atomic mass is 16.5. The fourth-order valence-electron chi connectivity index (χ4n) is 3.40. The molecule has 8 heteroatoms. The van der Waals surface area contributed by atoms with E-state index in [-0.39, 0.29) is 11.3 Å². The molecule has 0 saturated heterocycles. The Bertz CT molecular complexity index is 1380. The quantitative estimate of drug-likeness (QED) is 0.422. The number of hydrogen-bond donors (Lipinski definition) is 1. The lowest BCUT2D eigenvalue weighted by atomic mass is 10.1. The van der Waals surface area contributed by atoms with Crippen molar-refractivity contribution in [2.45, 2.75) is 20.0 Å². The highest BCUT2D eigenvalue weighted by Gasteiger charge is 2.23. The number of aromatic nitrogens is 2. The average molecular weight is 457 g/mol. The maximum Gasteiger partial charge on any atom is 0.360 e. The molecule has 34 heavy (non-hydrogen) atoms. The predicted molar refractivity (Wildman–Crippen MR) is 128 cm³/mol. The van der Waals surface area contributed by atoms with Crippen LogP contribution < -0.4 is 15.6 Å². The zero-order valence-electron chi connectivity index (χ0n) is 18.7. The Kier molecular flexibility index (Phi) is 6.68. The Morgan fingerprint density at radius 3 is 2.26 bits per heavy atom. The standard InChI is InChI=1S/C26H23N3O5/c1-3-33-20-15-13-18(14-16-20)27-24(30)17(2)34-26(32)23-21-11-7-8-12-22(21)25(31)29(28-23)19-9-5-4-6-10-19/h4-17H,3H2,1-2H3,(H,27,30). The van der Waals surface area contributed by atoms with Gasteiger partial charge in [0.1, 0.15) is 5.75 Å². The van der Waals surface area contributed by atoms with E-state index in [2.05, 4.69) is 10.4 Å². The van der Waals surface area contributed by atoms with Crippen LogP contribution >= 0.6 is 0 Å². The first kappa shape index (κ1) is 22.7. The van der Waals surface area contributed by atoms with Gasteiger partial charge in [0, 0.05) is 11.1 Å². The maximum absolute atomic E-state index is 13.0. The first-order valence-corrected chi connectivity index (χ1v) is 10.8. The topological polar surface area (TPSA) is 99.5 Å². The second-order valence-electron chi connectivity index (χ2n) is 7.44. The van der Waals surface area contributed by atoms with Crippen molar-refractivity contribution in [2.24, 2.45) is 0 Å². The summed E-state index contributed by atoms with van der Waals surface area (Å²) in [5, 5.41) is 7.65. The van der Waals surface area contributed by atoms with Crippen LogP contribution in [0.2, 0.25) is 0 Å². The molecule has 0 saturated carbocycles. The number of nitrogens with one attached hydrogen (secondary N) is 1. The molecule has 1 heterocycles. The van der Waals surface area contributed by atoms with Crippen molar-refractivity contribution in [2.75, 3.05) is 11.9 Å². The Balaban J connectivity index is 1.58. The largest absolute Gasteiger partial charge is 0.494 e. The number of anilines is 1. The smallest absolute Gasteiger partial charge is 0.360 e. The van der Waals surface area contributed by atoms with Crippen molar-refractivity contribution in [3.8, 4) is 11.4 Å². The number of benzene rings is 3. The summed E-state index contributed by atoms with van der Waals surface area (Å²) in [5.74, 6) is -0.625. The Morgan fingerprint density at radius 2 is 1.59 bits per heavy atom. The van der Waals surface area contributed by atoms with Crippen molar-refractivity contribution < 1.29 is 19.1 Å². The molecule has 0 bridgehead atoms. The van der Waals surface area contributed by atoms with Gasteiger partial charge >= 0.3 is 5.97 Å². The molecule has 1 unspecified atom stereocenters. The zero-order chi connectivity index (χ0) is 24.1. The normalized spacial score (nSPS) is 11.6. The van der Waals surface area contributed by atoms with E-state index in [1.165, 1.54) is 6.92 Å². The SMILES string of the molecule is CCOc1ccc(NC(=O)C(C)OC(=O)c2nn(-c3ccccc3)c(=O)c3ccccc23)cc1. The number of hydrogen-bond acceptors (Lipinski definition) is 6. The van der Waals surface area contributed by atoms with Crippen molar-refractivity contribution in [1.82, 2.24) is 9.78 Å². The van der Waals surface area contributed by atoms with Crippen LogP contribution in [0.5, 0.6) is 5.75 Å². The molecule has 3 aromatic carbocycles. The lowest BCUT2D eigenvalue weighted by molar-refractivity contribution is -0.123. The number of carbonyl (C=O) groups is 2. The molecule has 0 aliphatic carbocycles. The molecule has 1 N–H and O–H groups in total. The summed E-state index contributed by atoms with van der Waals surface area (Å²) >= 11 is 0. The Labute approximate surface area is 195 Å².